The standard InChI is InChI=1S/C13H22N2O6S/c1-8(2)10(16)14(6)12(13(5,18)22(19,20)21)15(7)11(17)9(3)4/h12,18H,1,3H2,2,4-7H3,(H,19,20,21). The smallest absolute Gasteiger partial charge is 0.298 e. The molecule has 0 saturated carbocycles. The molecular formula is C13H22N2O6S. The average molecular weight is 334 g/mol. The van der Waals surface area contributed by atoms with Gasteiger partial charge >= 0.3 is 0 Å². The van der Waals surface area contributed by atoms with Crippen molar-refractivity contribution in [1.82, 2.24) is 9.80 Å². The molecule has 0 radical (unpaired) electrons. The molecule has 0 aromatic carbocycles. The Hall–Kier alpha value is -1.71. The minimum atomic E-state index is -5.00. The van der Waals surface area contributed by atoms with Gasteiger partial charge in [0.2, 0.25) is 16.7 Å². The summed E-state index contributed by atoms with van der Waals surface area (Å²) >= 11 is 0. The Morgan fingerprint density at radius 2 is 1.32 bits per heavy atom. The second kappa shape index (κ2) is 6.59. The third kappa shape index (κ3) is 3.93. The molecule has 0 aliphatic carbocycles. The molecule has 0 spiro atoms. The van der Waals surface area contributed by atoms with Crippen molar-refractivity contribution in [2.24, 2.45) is 0 Å². The summed E-state index contributed by atoms with van der Waals surface area (Å²) in [4.78, 5) is 22.9. The fourth-order valence-corrected chi connectivity index (χ4v) is 2.52. The Bertz CT molecular complexity index is 576. The van der Waals surface area contributed by atoms with Gasteiger partial charge in [-0.2, -0.15) is 8.42 Å². The van der Waals surface area contributed by atoms with Crippen molar-refractivity contribution in [2.75, 3.05) is 14.1 Å². The Morgan fingerprint density at radius 1 is 1.05 bits per heavy atom. The molecule has 2 amide bonds. The van der Waals surface area contributed by atoms with Crippen LogP contribution in [0.1, 0.15) is 20.8 Å². The van der Waals surface area contributed by atoms with Gasteiger partial charge in [0.25, 0.3) is 10.1 Å². The maximum atomic E-state index is 12.0. The molecule has 9 heteroatoms. The molecule has 0 aromatic rings. The first-order valence-electron chi connectivity index (χ1n) is 6.21. The zero-order chi connectivity index (χ0) is 18.0. The van der Waals surface area contributed by atoms with Crippen LogP contribution in [0.25, 0.3) is 0 Å². The van der Waals surface area contributed by atoms with E-state index in [9.17, 15) is 27.7 Å². The van der Waals surface area contributed by atoms with E-state index in [1.54, 1.807) is 0 Å². The number of carbonyl (C=O) groups is 2. The predicted octanol–water partition coefficient (Wildman–Crippen LogP) is -0.0222. The van der Waals surface area contributed by atoms with Gasteiger partial charge in [-0.15, -0.1) is 0 Å². The number of likely N-dealkylation sites (N-methyl/N-ethyl adjacent to an activating group) is 2. The van der Waals surface area contributed by atoms with E-state index >= 15 is 0 Å². The van der Waals surface area contributed by atoms with Crippen LogP contribution in [0, 0.1) is 0 Å². The first-order valence-corrected chi connectivity index (χ1v) is 7.65. The van der Waals surface area contributed by atoms with Crippen molar-refractivity contribution >= 4 is 21.9 Å². The molecule has 0 saturated heterocycles. The molecule has 0 fully saturated rings. The molecule has 0 aromatic heterocycles. The van der Waals surface area contributed by atoms with E-state index in [0.717, 1.165) is 16.7 Å². The topological polar surface area (TPSA) is 115 Å². The lowest BCUT2D eigenvalue weighted by Crippen LogP contribution is -2.64. The highest BCUT2D eigenvalue weighted by Crippen LogP contribution is 2.25. The predicted molar refractivity (Wildman–Crippen MR) is 81.1 cm³/mol. The van der Waals surface area contributed by atoms with Gasteiger partial charge in [0.05, 0.1) is 0 Å². The molecular weight excluding hydrogens is 312 g/mol. The fraction of sp³-hybridized carbons (Fsp3) is 0.538. The maximum absolute atomic E-state index is 12.0. The van der Waals surface area contributed by atoms with Crippen LogP contribution in [0.2, 0.25) is 0 Å². The van der Waals surface area contributed by atoms with Crippen LogP contribution in [0.5, 0.6) is 0 Å². The van der Waals surface area contributed by atoms with E-state index in [-0.39, 0.29) is 11.1 Å². The third-order valence-corrected chi connectivity index (χ3v) is 4.36. The number of carbonyl (C=O) groups excluding carboxylic acids is 2. The number of aliphatic hydroxyl groups is 1. The Balaban J connectivity index is 6.12. The van der Waals surface area contributed by atoms with E-state index in [2.05, 4.69) is 13.2 Å². The lowest BCUT2D eigenvalue weighted by Gasteiger charge is -2.42. The van der Waals surface area contributed by atoms with Gasteiger partial charge in [-0.3, -0.25) is 14.1 Å². The summed E-state index contributed by atoms with van der Waals surface area (Å²) in [6, 6.07) is 0. The van der Waals surface area contributed by atoms with E-state index in [1.807, 2.05) is 0 Å². The third-order valence-electron chi connectivity index (χ3n) is 3.11. The van der Waals surface area contributed by atoms with E-state index < -0.39 is 33.0 Å². The zero-order valence-electron chi connectivity index (χ0n) is 13.3. The first kappa shape index (κ1) is 20.3. The largest absolute Gasteiger partial charge is 0.370 e. The maximum Gasteiger partial charge on any atom is 0.298 e. The molecule has 8 nitrogen and oxygen atoms in total. The number of hydrogen-bond acceptors (Lipinski definition) is 5. The fourth-order valence-electron chi connectivity index (χ4n) is 1.94. The molecule has 0 rings (SSSR count). The Morgan fingerprint density at radius 3 is 1.50 bits per heavy atom. The van der Waals surface area contributed by atoms with Crippen molar-refractivity contribution in [3.05, 3.63) is 24.3 Å². The van der Waals surface area contributed by atoms with Crippen LogP contribution in [-0.4, -0.2) is 64.9 Å². The summed E-state index contributed by atoms with van der Waals surface area (Å²) < 4.78 is 32.2. The normalized spacial score (nSPS) is 14.2. The number of nitrogens with zero attached hydrogens (tertiary/aromatic N) is 2. The number of rotatable bonds is 6. The molecule has 1 unspecified atom stereocenters. The highest BCUT2D eigenvalue weighted by Gasteiger charge is 2.50. The lowest BCUT2D eigenvalue weighted by atomic mass is 10.2. The van der Waals surface area contributed by atoms with Crippen LogP contribution in [-0.2, 0) is 19.7 Å². The van der Waals surface area contributed by atoms with Crippen LogP contribution >= 0.6 is 0 Å². The molecule has 0 bridgehead atoms. The van der Waals surface area contributed by atoms with Gasteiger partial charge in [0.1, 0.15) is 0 Å². The van der Waals surface area contributed by atoms with Gasteiger partial charge in [0, 0.05) is 25.2 Å². The van der Waals surface area contributed by atoms with Crippen LogP contribution in [0.4, 0.5) is 0 Å². The highest BCUT2D eigenvalue weighted by molar-refractivity contribution is 7.87. The van der Waals surface area contributed by atoms with Crippen LogP contribution in [0.15, 0.2) is 24.3 Å². The summed E-state index contributed by atoms with van der Waals surface area (Å²) in [6.07, 6.45) is -1.68. The molecule has 0 aliphatic rings. The summed E-state index contributed by atoms with van der Waals surface area (Å²) in [5, 5.41) is 10.2. The van der Waals surface area contributed by atoms with Crippen molar-refractivity contribution in [2.45, 2.75) is 31.9 Å². The molecule has 0 aliphatic heterocycles. The minimum absolute atomic E-state index is 0.0646. The number of hydrogen-bond donors (Lipinski definition) is 2. The lowest BCUT2D eigenvalue weighted by molar-refractivity contribution is -0.147. The highest BCUT2D eigenvalue weighted by atomic mass is 32.2. The van der Waals surface area contributed by atoms with Gasteiger partial charge in [-0.1, -0.05) is 13.2 Å². The van der Waals surface area contributed by atoms with Crippen LogP contribution in [0.3, 0.4) is 0 Å². The number of amides is 2. The summed E-state index contributed by atoms with van der Waals surface area (Å²) in [5.41, 5.74) is 0.129. The van der Waals surface area contributed by atoms with Gasteiger partial charge in [-0.05, 0) is 20.8 Å². The molecule has 1 atom stereocenters. The SMILES string of the molecule is C=C(C)C(=O)N(C)C(N(C)C(=O)C(=C)C)C(C)(O)S(=O)(=O)O. The Kier molecular flexibility index (Phi) is 6.08. The summed E-state index contributed by atoms with van der Waals surface area (Å²) in [5.74, 6) is -1.40. The van der Waals surface area contributed by atoms with Crippen LogP contribution < -0.4 is 0 Å². The first-order chi connectivity index (χ1) is 9.66. The van der Waals surface area contributed by atoms with Crippen molar-refractivity contribution < 1.29 is 27.7 Å². The van der Waals surface area contributed by atoms with E-state index in [0.29, 0.717) is 0 Å². The summed E-state index contributed by atoms with van der Waals surface area (Å²) in [7, 11) is -2.63. The van der Waals surface area contributed by atoms with Gasteiger partial charge in [-0.25, -0.2) is 0 Å². The summed E-state index contributed by atoms with van der Waals surface area (Å²) in [6.45, 7) is 10.4. The van der Waals surface area contributed by atoms with Gasteiger partial charge in [0.15, 0.2) is 6.17 Å². The van der Waals surface area contributed by atoms with Crippen molar-refractivity contribution in [3.8, 4) is 0 Å². The van der Waals surface area contributed by atoms with E-state index in [4.69, 9.17) is 0 Å². The Labute approximate surface area is 130 Å². The quantitative estimate of drug-likeness (QED) is 0.401. The molecule has 2 N–H and O–H groups in total. The zero-order valence-corrected chi connectivity index (χ0v) is 14.1. The second-order valence-corrected chi connectivity index (χ2v) is 7.07. The second-order valence-electron chi connectivity index (χ2n) is 5.30. The molecule has 22 heavy (non-hydrogen) atoms. The average Bonchev–Trinajstić information content (AvgIpc) is 2.34. The molecule has 126 valence electrons. The monoisotopic (exact) mass is 334 g/mol. The van der Waals surface area contributed by atoms with Crippen molar-refractivity contribution in [1.29, 1.82) is 0 Å². The molecule has 0 heterocycles. The van der Waals surface area contributed by atoms with Gasteiger partial charge < -0.3 is 14.9 Å². The minimum Gasteiger partial charge on any atom is -0.370 e. The van der Waals surface area contributed by atoms with E-state index in [1.165, 1.54) is 27.9 Å². The van der Waals surface area contributed by atoms with Crippen molar-refractivity contribution in [3.63, 3.8) is 0 Å².